The first kappa shape index (κ1) is 20.5. The fourth-order valence-corrected chi connectivity index (χ4v) is 2.07. The molecule has 2 amide bonds. The van der Waals surface area contributed by atoms with Crippen molar-refractivity contribution in [3.05, 3.63) is 28.2 Å². The van der Waals surface area contributed by atoms with Gasteiger partial charge in [-0.05, 0) is 32.9 Å². The van der Waals surface area contributed by atoms with Crippen molar-refractivity contribution >= 4 is 40.9 Å². The molecule has 0 radical (unpaired) electrons. The number of ether oxygens (including phenoxy) is 2. The number of halogens is 2. The Balaban J connectivity index is 2.76. The molecule has 0 saturated heterocycles. The molecular weight excluding hydrogens is 355 g/mol. The smallest absolute Gasteiger partial charge is 0.410 e. The van der Waals surface area contributed by atoms with Crippen molar-refractivity contribution in [2.24, 2.45) is 0 Å². The molecular formula is C16H22Cl2N2O4. The molecule has 0 aromatic heterocycles. The molecule has 1 rings (SSSR count). The van der Waals surface area contributed by atoms with Crippen LogP contribution in [0.2, 0.25) is 10.0 Å². The molecule has 0 aliphatic carbocycles. The fourth-order valence-electron chi connectivity index (χ4n) is 1.73. The summed E-state index contributed by atoms with van der Waals surface area (Å²) in [5.41, 5.74) is -0.278. The lowest BCUT2D eigenvalue weighted by atomic mass is 10.2. The molecule has 0 heterocycles. The van der Waals surface area contributed by atoms with Crippen LogP contribution in [0, 0.1) is 0 Å². The molecule has 1 N–H and O–H groups in total. The van der Waals surface area contributed by atoms with Crippen molar-refractivity contribution in [2.75, 3.05) is 32.1 Å². The highest BCUT2D eigenvalue weighted by Crippen LogP contribution is 2.29. The zero-order chi connectivity index (χ0) is 18.3. The third-order valence-corrected chi connectivity index (χ3v) is 3.60. The quantitative estimate of drug-likeness (QED) is 0.819. The molecule has 0 aliphatic rings. The highest BCUT2D eigenvalue weighted by molar-refractivity contribution is 6.44. The van der Waals surface area contributed by atoms with Crippen molar-refractivity contribution < 1.29 is 19.1 Å². The predicted molar refractivity (Wildman–Crippen MR) is 94.8 cm³/mol. The minimum atomic E-state index is -0.658. The van der Waals surface area contributed by atoms with Crippen LogP contribution < -0.4 is 5.32 Å². The topological polar surface area (TPSA) is 67.9 Å². The van der Waals surface area contributed by atoms with Gasteiger partial charge in [-0.1, -0.05) is 29.3 Å². The summed E-state index contributed by atoms with van der Waals surface area (Å²) in [6.07, 6.45) is -0.591. The predicted octanol–water partition coefficient (Wildman–Crippen LogP) is 3.82. The van der Waals surface area contributed by atoms with Crippen LogP contribution in [0.1, 0.15) is 20.8 Å². The highest BCUT2D eigenvalue weighted by atomic mass is 35.5. The van der Waals surface area contributed by atoms with Crippen LogP contribution in [0.15, 0.2) is 18.2 Å². The second kappa shape index (κ2) is 9.11. The van der Waals surface area contributed by atoms with Gasteiger partial charge in [-0.25, -0.2) is 4.79 Å². The second-order valence-electron chi connectivity index (χ2n) is 6.04. The summed E-state index contributed by atoms with van der Waals surface area (Å²) in [5.74, 6) is -0.416. The zero-order valence-electron chi connectivity index (χ0n) is 14.2. The van der Waals surface area contributed by atoms with Crippen LogP contribution in [0.4, 0.5) is 10.5 Å². The molecule has 0 saturated carbocycles. The summed E-state index contributed by atoms with van der Waals surface area (Å²) in [4.78, 5) is 25.7. The van der Waals surface area contributed by atoms with Gasteiger partial charge in [0.1, 0.15) is 12.1 Å². The first-order valence-corrected chi connectivity index (χ1v) is 8.10. The minimum absolute atomic E-state index is 0.193. The Morgan fingerprint density at radius 2 is 1.92 bits per heavy atom. The van der Waals surface area contributed by atoms with E-state index in [1.165, 1.54) is 12.0 Å². The van der Waals surface area contributed by atoms with E-state index in [-0.39, 0.29) is 24.7 Å². The molecule has 0 aliphatic heterocycles. The molecule has 6 nitrogen and oxygen atoms in total. The van der Waals surface area contributed by atoms with Gasteiger partial charge >= 0.3 is 6.09 Å². The second-order valence-corrected chi connectivity index (χ2v) is 6.83. The number of hydrogen-bond donors (Lipinski definition) is 1. The fraction of sp³-hybridized carbons (Fsp3) is 0.500. The summed E-state index contributed by atoms with van der Waals surface area (Å²) in [6.45, 7) is 5.58. The molecule has 0 bridgehead atoms. The third kappa shape index (κ3) is 6.95. The van der Waals surface area contributed by atoms with E-state index in [0.717, 1.165) is 0 Å². The van der Waals surface area contributed by atoms with Gasteiger partial charge in [-0.2, -0.15) is 0 Å². The number of methoxy groups -OCH3 is 1. The van der Waals surface area contributed by atoms with E-state index >= 15 is 0 Å². The number of amides is 2. The molecule has 0 unspecified atom stereocenters. The summed E-state index contributed by atoms with van der Waals surface area (Å²) in [6, 6.07) is 4.91. The van der Waals surface area contributed by atoms with Crippen molar-refractivity contribution in [3.8, 4) is 0 Å². The Morgan fingerprint density at radius 1 is 1.25 bits per heavy atom. The summed E-state index contributed by atoms with van der Waals surface area (Å²) in [5, 5.41) is 3.21. The van der Waals surface area contributed by atoms with Crippen LogP contribution in [0.5, 0.6) is 0 Å². The van der Waals surface area contributed by atoms with Gasteiger partial charge in [0.2, 0.25) is 5.91 Å². The maximum atomic E-state index is 12.2. The van der Waals surface area contributed by atoms with E-state index in [0.29, 0.717) is 10.7 Å². The van der Waals surface area contributed by atoms with Crippen LogP contribution >= 0.6 is 23.2 Å². The molecule has 8 heteroatoms. The average molecular weight is 377 g/mol. The summed E-state index contributed by atoms with van der Waals surface area (Å²) >= 11 is 11.9. The molecule has 1 aromatic carbocycles. The molecule has 0 atom stereocenters. The highest BCUT2D eigenvalue weighted by Gasteiger charge is 2.24. The number of benzene rings is 1. The van der Waals surface area contributed by atoms with E-state index in [1.807, 2.05) is 0 Å². The van der Waals surface area contributed by atoms with Gasteiger partial charge in [-0.15, -0.1) is 0 Å². The van der Waals surface area contributed by atoms with Crippen LogP contribution in [-0.2, 0) is 14.3 Å². The average Bonchev–Trinajstić information content (AvgIpc) is 2.46. The molecule has 134 valence electrons. The van der Waals surface area contributed by atoms with Gasteiger partial charge in [0.25, 0.3) is 0 Å². The minimum Gasteiger partial charge on any atom is -0.444 e. The Bertz CT molecular complexity index is 588. The lowest BCUT2D eigenvalue weighted by Gasteiger charge is -2.27. The van der Waals surface area contributed by atoms with E-state index in [1.54, 1.807) is 39.0 Å². The Labute approximate surface area is 152 Å². The lowest BCUT2D eigenvalue weighted by molar-refractivity contribution is -0.117. The number of nitrogens with one attached hydrogen (secondary N) is 1. The SMILES string of the molecule is COCCN(CC(=O)Nc1cccc(Cl)c1Cl)C(=O)OC(C)(C)C. The van der Waals surface area contributed by atoms with Crippen LogP contribution in [0.25, 0.3) is 0 Å². The number of anilines is 1. The van der Waals surface area contributed by atoms with Crippen LogP contribution in [-0.4, -0.2) is 49.3 Å². The van der Waals surface area contributed by atoms with Crippen molar-refractivity contribution in [1.82, 2.24) is 4.90 Å². The van der Waals surface area contributed by atoms with E-state index in [9.17, 15) is 9.59 Å². The first-order valence-electron chi connectivity index (χ1n) is 7.35. The van der Waals surface area contributed by atoms with Gasteiger partial charge in [0.05, 0.1) is 22.3 Å². The summed E-state index contributed by atoms with van der Waals surface area (Å²) in [7, 11) is 1.51. The molecule has 1 aromatic rings. The molecule has 0 spiro atoms. The largest absolute Gasteiger partial charge is 0.444 e. The lowest BCUT2D eigenvalue weighted by Crippen LogP contribution is -2.42. The van der Waals surface area contributed by atoms with E-state index < -0.39 is 17.6 Å². The van der Waals surface area contributed by atoms with Gasteiger partial charge in [0.15, 0.2) is 0 Å². The van der Waals surface area contributed by atoms with Gasteiger partial charge in [-0.3, -0.25) is 9.69 Å². The van der Waals surface area contributed by atoms with E-state index in [2.05, 4.69) is 5.32 Å². The monoisotopic (exact) mass is 376 g/mol. The van der Waals surface area contributed by atoms with Gasteiger partial charge < -0.3 is 14.8 Å². The normalized spacial score (nSPS) is 11.1. The van der Waals surface area contributed by atoms with Crippen molar-refractivity contribution in [2.45, 2.75) is 26.4 Å². The molecule has 0 fully saturated rings. The van der Waals surface area contributed by atoms with Crippen LogP contribution in [0.3, 0.4) is 0 Å². The standard InChI is InChI=1S/C16H22Cl2N2O4/c1-16(2,3)24-15(22)20(8-9-23-4)10-13(21)19-12-7-5-6-11(17)14(12)18/h5-7H,8-10H2,1-4H3,(H,19,21). The Kier molecular flexibility index (Phi) is 7.79. The number of carbonyl (C=O) groups is 2. The Morgan fingerprint density at radius 3 is 2.50 bits per heavy atom. The number of nitrogens with zero attached hydrogens (tertiary/aromatic N) is 1. The number of hydrogen-bond acceptors (Lipinski definition) is 4. The number of rotatable bonds is 6. The Hall–Kier alpha value is -1.50. The molecule has 24 heavy (non-hydrogen) atoms. The maximum absolute atomic E-state index is 12.2. The first-order chi connectivity index (χ1) is 11.1. The van der Waals surface area contributed by atoms with E-state index in [4.69, 9.17) is 32.7 Å². The maximum Gasteiger partial charge on any atom is 0.410 e. The zero-order valence-corrected chi connectivity index (χ0v) is 15.7. The third-order valence-electron chi connectivity index (χ3n) is 2.78. The number of carbonyl (C=O) groups excluding carboxylic acids is 2. The summed E-state index contributed by atoms with van der Waals surface area (Å²) < 4.78 is 10.3. The van der Waals surface area contributed by atoms with Crippen molar-refractivity contribution in [1.29, 1.82) is 0 Å². The van der Waals surface area contributed by atoms with Gasteiger partial charge in [0, 0.05) is 13.7 Å². The van der Waals surface area contributed by atoms with Crippen molar-refractivity contribution in [3.63, 3.8) is 0 Å².